The van der Waals surface area contributed by atoms with Crippen molar-refractivity contribution in [3.63, 3.8) is 0 Å². The highest BCUT2D eigenvalue weighted by atomic mass is 32.2. The van der Waals surface area contributed by atoms with Crippen LogP contribution < -0.4 is 5.73 Å². The molecule has 1 aromatic heterocycles. The van der Waals surface area contributed by atoms with Crippen molar-refractivity contribution in [2.24, 2.45) is 0 Å². The Morgan fingerprint density at radius 1 is 1.47 bits per heavy atom. The highest BCUT2D eigenvalue weighted by Gasteiger charge is 2.27. The first-order chi connectivity index (χ1) is 8.93. The van der Waals surface area contributed by atoms with Crippen molar-refractivity contribution in [3.8, 4) is 0 Å². The Kier molecular flexibility index (Phi) is 4.13. The summed E-state index contributed by atoms with van der Waals surface area (Å²) in [4.78, 5) is 14.6. The van der Waals surface area contributed by atoms with Gasteiger partial charge in [-0.25, -0.2) is 0 Å². The van der Waals surface area contributed by atoms with Crippen molar-refractivity contribution in [1.29, 1.82) is 0 Å². The van der Waals surface area contributed by atoms with Crippen LogP contribution in [0.15, 0.2) is 12.3 Å². The maximum absolute atomic E-state index is 12.6. The molecule has 0 unspecified atom stereocenters. The molecule has 2 N–H and O–H groups in total. The van der Waals surface area contributed by atoms with E-state index in [0.717, 1.165) is 31.8 Å². The van der Waals surface area contributed by atoms with Gasteiger partial charge in [0.1, 0.15) is 5.69 Å². The van der Waals surface area contributed by atoms with E-state index < -0.39 is 0 Å². The smallest absolute Gasteiger partial charge is 0.270 e. The minimum Gasteiger partial charge on any atom is -0.397 e. The summed E-state index contributed by atoms with van der Waals surface area (Å²) < 4.78 is 2.20. The topological polar surface area (TPSA) is 51.3 Å². The normalized spacial score (nSPS) is 19.2. The molecule has 0 saturated carbocycles. The average Bonchev–Trinajstić information content (AvgIpc) is 2.63. The minimum atomic E-state index is 0.108. The molecule has 19 heavy (non-hydrogen) atoms. The molecular formula is C14H23N3OS. The van der Waals surface area contributed by atoms with Crippen LogP contribution in [0.3, 0.4) is 0 Å². The lowest BCUT2D eigenvalue weighted by Crippen LogP contribution is -2.34. The number of hydrogen-bond acceptors (Lipinski definition) is 3. The van der Waals surface area contributed by atoms with E-state index in [2.05, 4.69) is 13.8 Å². The van der Waals surface area contributed by atoms with Gasteiger partial charge < -0.3 is 15.2 Å². The Balaban J connectivity index is 2.15. The minimum absolute atomic E-state index is 0.108. The fraction of sp³-hybridized carbons (Fsp3) is 0.643. The van der Waals surface area contributed by atoms with Crippen molar-refractivity contribution < 1.29 is 4.79 Å². The van der Waals surface area contributed by atoms with Crippen molar-refractivity contribution in [2.75, 3.05) is 24.6 Å². The molecule has 1 amide bonds. The van der Waals surface area contributed by atoms with Gasteiger partial charge in [-0.3, -0.25) is 4.79 Å². The van der Waals surface area contributed by atoms with Gasteiger partial charge in [-0.2, -0.15) is 11.8 Å². The summed E-state index contributed by atoms with van der Waals surface area (Å²) >= 11 is 1.95. The second-order valence-corrected chi connectivity index (χ2v) is 7.40. The molecule has 0 aliphatic carbocycles. The SMILES string of the molecule is CCn1cc(N)cc1C(=O)N1CCSC(C)(C)CC1. The Labute approximate surface area is 119 Å². The molecule has 1 aliphatic rings. The zero-order valence-corrected chi connectivity index (χ0v) is 12.8. The summed E-state index contributed by atoms with van der Waals surface area (Å²) in [7, 11) is 0. The summed E-state index contributed by atoms with van der Waals surface area (Å²) in [6.45, 7) is 8.94. The van der Waals surface area contributed by atoms with Gasteiger partial charge in [-0.15, -0.1) is 0 Å². The van der Waals surface area contributed by atoms with Gasteiger partial charge in [-0.05, 0) is 19.4 Å². The van der Waals surface area contributed by atoms with E-state index in [-0.39, 0.29) is 10.7 Å². The molecule has 4 nitrogen and oxygen atoms in total. The Morgan fingerprint density at radius 3 is 2.89 bits per heavy atom. The highest BCUT2D eigenvalue weighted by Crippen LogP contribution is 2.31. The lowest BCUT2D eigenvalue weighted by molar-refractivity contribution is 0.0754. The molecule has 1 fully saturated rings. The van der Waals surface area contributed by atoms with E-state index in [1.54, 1.807) is 6.07 Å². The predicted molar refractivity (Wildman–Crippen MR) is 81.6 cm³/mol. The molecule has 0 aromatic carbocycles. The number of hydrogen-bond donors (Lipinski definition) is 1. The molecule has 2 rings (SSSR count). The summed E-state index contributed by atoms with van der Waals surface area (Å²) in [6, 6.07) is 1.79. The zero-order chi connectivity index (χ0) is 14.0. The second-order valence-electron chi connectivity index (χ2n) is 5.60. The van der Waals surface area contributed by atoms with Crippen LogP contribution >= 0.6 is 11.8 Å². The number of thioether (sulfide) groups is 1. The zero-order valence-electron chi connectivity index (χ0n) is 12.0. The summed E-state index contributed by atoms with van der Waals surface area (Å²) in [6.07, 6.45) is 2.87. The maximum Gasteiger partial charge on any atom is 0.270 e. The summed E-state index contributed by atoms with van der Waals surface area (Å²) in [5.41, 5.74) is 7.18. The lowest BCUT2D eigenvalue weighted by Gasteiger charge is -2.23. The number of nitrogens with two attached hydrogens (primary N) is 1. The molecule has 106 valence electrons. The van der Waals surface area contributed by atoms with Crippen LogP contribution in [0.1, 0.15) is 37.7 Å². The van der Waals surface area contributed by atoms with Crippen LogP contribution in [0.25, 0.3) is 0 Å². The number of aryl methyl sites for hydroxylation is 1. The first-order valence-corrected chi connectivity index (χ1v) is 7.80. The van der Waals surface area contributed by atoms with Gasteiger partial charge in [0.05, 0.1) is 5.69 Å². The van der Waals surface area contributed by atoms with Gasteiger partial charge in [-0.1, -0.05) is 13.8 Å². The molecule has 5 heteroatoms. The molecule has 2 heterocycles. The van der Waals surface area contributed by atoms with Crippen molar-refractivity contribution in [1.82, 2.24) is 9.47 Å². The van der Waals surface area contributed by atoms with E-state index in [1.807, 2.05) is 34.3 Å². The third kappa shape index (κ3) is 3.26. The van der Waals surface area contributed by atoms with E-state index in [9.17, 15) is 4.79 Å². The largest absolute Gasteiger partial charge is 0.397 e. The molecule has 0 atom stereocenters. The van der Waals surface area contributed by atoms with Crippen LogP contribution in [-0.2, 0) is 6.54 Å². The molecule has 0 spiro atoms. The molecule has 1 aliphatic heterocycles. The monoisotopic (exact) mass is 281 g/mol. The Morgan fingerprint density at radius 2 is 2.21 bits per heavy atom. The van der Waals surface area contributed by atoms with Crippen molar-refractivity contribution in [3.05, 3.63) is 18.0 Å². The van der Waals surface area contributed by atoms with Crippen LogP contribution in [0, 0.1) is 0 Å². The Bertz CT molecular complexity index is 467. The number of amides is 1. The van der Waals surface area contributed by atoms with E-state index >= 15 is 0 Å². The summed E-state index contributed by atoms with van der Waals surface area (Å²) in [5.74, 6) is 1.11. The fourth-order valence-corrected chi connectivity index (χ4v) is 3.46. The number of anilines is 1. The highest BCUT2D eigenvalue weighted by molar-refractivity contribution is 8.00. The van der Waals surface area contributed by atoms with Crippen LogP contribution in [0.4, 0.5) is 5.69 Å². The first kappa shape index (κ1) is 14.3. The van der Waals surface area contributed by atoms with Gasteiger partial charge in [0.15, 0.2) is 0 Å². The van der Waals surface area contributed by atoms with Crippen molar-refractivity contribution in [2.45, 2.75) is 38.5 Å². The predicted octanol–water partition coefficient (Wildman–Crippen LogP) is 2.45. The number of aromatic nitrogens is 1. The van der Waals surface area contributed by atoms with E-state index in [1.165, 1.54) is 0 Å². The molecule has 0 radical (unpaired) electrons. The molecular weight excluding hydrogens is 258 g/mol. The second kappa shape index (κ2) is 5.49. The third-order valence-corrected chi connectivity index (χ3v) is 4.97. The lowest BCUT2D eigenvalue weighted by atomic mass is 10.1. The quantitative estimate of drug-likeness (QED) is 0.906. The van der Waals surface area contributed by atoms with Gasteiger partial charge in [0.2, 0.25) is 0 Å². The van der Waals surface area contributed by atoms with Gasteiger partial charge in [0, 0.05) is 36.3 Å². The number of carbonyl (C=O) groups is 1. The summed E-state index contributed by atoms with van der Waals surface area (Å²) in [5, 5.41) is 0. The van der Waals surface area contributed by atoms with E-state index in [4.69, 9.17) is 5.73 Å². The van der Waals surface area contributed by atoms with Crippen LogP contribution in [0.5, 0.6) is 0 Å². The fourth-order valence-electron chi connectivity index (χ4n) is 2.36. The number of nitrogen functional groups attached to an aromatic ring is 1. The van der Waals surface area contributed by atoms with E-state index in [0.29, 0.717) is 11.4 Å². The molecule has 1 saturated heterocycles. The van der Waals surface area contributed by atoms with Gasteiger partial charge in [0.25, 0.3) is 5.91 Å². The van der Waals surface area contributed by atoms with Crippen molar-refractivity contribution >= 4 is 23.4 Å². The standard InChI is InChI=1S/C14H23N3OS/c1-4-16-10-11(15)9-12(16)13(18)17-6-5-14(2,3)19-8-7-17/h9-10H,4-8,15H2,1-3H3. The third-order valence-electron chi connectivity index (χ3n) is 3.60. The number of nitrogens with zero attached hydrogens (tertiary/aromatic N) is 2. The van der Waals surface area contributed by atoms with Crippen LogP contribution in [-0.4, -0.2) is 39.0 Å². The van der Waals surface area contributed by atoms with Crippen LogP contribution in [0.2, 0.25) is 0 Å². The number of carbonyl (C=O) groups excluding carboxylic acids is 1. The molecule has 0 bridgehead atoms. The van der Waals surface area contributed by atoms with Gasteiger partial charge >= 0.3 is 0 Å². The Hall–Kier alpha value is -1.10. The number of rotatable bonds is 2. The maximum atomic E-state index is 12.6. The molecule has 1 aromatic rings. The first-order valence-electron chi connectivity index (χ1n) is 6.82. The average molecular weight is 281 g/mol.